The molecule has 11 heavy (non-hydrogen) atoms. The lowest BCUT2D eigenvalue weighted by Gasteiger charge is -2.00. The van der Waals surface area contributed by atoms with E-state index in [0.29, 0.717) is 10.0 Å². The van der Waals surface area contributed by atoms with Gasteiger partial charge < -0.3 is 4.42 Å². The summed E-state index contributed by atoms with van der Waals surface area (Å²) in [6.45, 7) is 0. The molecule has 0 bridgehead atoms. The van der Waals surface area contributed by atoms with Crippen LogP contribution >= 0.6 is 27.7 Å². The van der Waals surface area contributed by atoms with Crippen molar-refractivity contribution in [1.82, 2.24) is 4.98 Å². The van der Waals surface area contributed by atoms with E-state index in [1.165, 1.54) is 18.6 Å². The zero-order valence-corrected chi connectivity index (χ0v) is 8.32. The number of rotatable bonds is 1. The Morgan fingerprint density at radius 1 is 1.73 bits per heavy atom. The van der Waals surface area contributed by atoms with Gasteiger partial charge in [0, 0.05) is 15.9 Å². The average Bonchev–Trinajstić information content (AvgIpc) is 2.55. The molecule has 1 saturated heterocycles. The van der Waals surface area contributed by atoms with E-state index in [1.807, 2.05) is 11.8 Å². The van der Waals surface area contributed by atoms with Crippen LogP contribution in [0.5, 0.6) is 0 Å². The Labute approximate surface area is 77.9 Å². The highest BCUT2D eigenvalue weighted by Crippen LogP contribution is 2.39. The largest absolute Gasteiger partial charge is 0.439 e. The van der Waals surface area contributed by atoms with Crippen LogP contribution in [-0.2, 0) is 0 Å². The van der Waals surface area contributed by atoms with Gasteiger partial charge in [0.2, 0.25) is 0 Å². The van der Waals surface area contributed by atoms with E-state index in [1.54, 1.807) is 6.26 Å². The minimum atomic E-state index is 0.574. The van der Waals surface area contributed by atoms with Gasteiger partial charge in [0.25, 0.3) is 4.80 Å². The maximum atomic E-state index is 5.07. The Morgan fingerprint density at radius 2 is 2.64 bits per heavy atom. The Morgan fingerprint density at radius 3 is 3.18 bits per heavy atom. The van der Waals surface area contributed by atoms with Crippen LogP contribution in [0.3, 0.4) is 0 Å². The van der Waals surface area contributed by atoms with E-state index in [9.17, 15) is 0 Å². The van der Waals surface area contributed by atoms with E-state index < -0.39 is 0 Å². The van der Waals surface area contributed by atoms with Crippen LogP contribution in [0, 0.1) is 0 Å². The Bertz CT molecular complexity index is 244. The molecule has 0 radical (unpaired) electrons. The molecule has 2 nitrogen and oxygen atoms in total. The van der Waals surface area contributed by atoms with Crippen LogP contribution in [0.2, 0.25) is 0 Å². The van der Waals surface area contributed by atoms with E-state index in [-0.39, 0.29) is 0 Å². The topological polar surface area (TPSA) is 26.0 Å². The summed E-state index contributed by atoms with van der Waals surface area (Å²) in [5.41, 5.74) is 1.08. The summed E-state index contributed by atoms with van der Waals surface area (Å²) < 4.78 is 5.07. The maximum absolute atomic E-state index is 5.07. The molecule has 2 heterocycles. The van der Waals surface area contributed by atoms with Crippen molar-refractivity contribution >= 4 is 27.7 Å². The second kappa shape index (κ2) is 3.19. The summed E-state index contributed by atoms with van der Waals surface area (Å²) in [5, 5.41) is 0.574. The summed E-state index contributed by atoms with van der Waals surface area (Å²) >= 11 is 5.16. The second-order valence-electron chi connectivity index (χ2n) is 2.53. The van der Waals surface area contributed by atoms with Crippen molar-refractivity contribution in [3.8, 4) is 0 Å². The van der Waals surface area contributed by atoms with Crippen molar-refractivity contribution < 1.29 is 4.42 Å². The number of oxazole rings is 1. The lowest BCUT2D eigenvalue weighted by Crippen LogP contribution is -1.86. The van der Waals surface area contributed by atoms with Crippen LogP contribution < -0.4 is 0 Å². The first-order valence-corrected chi connectivity index (χ1v) is 5.43. The highest BCUT2D eigenvalue weighted by molar-refractivity contribution is 9.10. The fourth-order valence-electron chi connectivity index (χ4n) is 1.22. The van der Waals surface area contributed by atoms with Crippen molar-refractivity contribution in [1.29, 1.82) is 0 Å². The zero-order chi connectivity index (χ0) is 7.68. The van der Waals surface area contributed by atoms with Crippen molar-refractivity contribution in [3.63, 3.8) is 0 Å². The Balaban J connectivity index is 2.15. The van der Waals surface area contributed by atoms with Crippen LogP contribution in [0.1, 0.15) is 23.8 Å². The van der Waals surface area contributed by atoms with Gasteiger partial charge in [-0.2, -0.15) is 11.8 Å². The van der Waals surface area contributed by atoms with Crippen LogP contribution in [0.15, 0.2) is 15.5 Å². The van der Waals surface area contributed by atoms with Crippen molar-refractivity contribution in [2.45, 2.75) is 18.1 Å². The number of hydrogen-bond donors (Lipinski definition) is 0. The molecule has 0 spiro atoms. The molecule has 0 aromatic carbocycles. The molecule has 1 aliphatic rings. The molecule has 0 amide bonds. The Hall–Kier alpha value is 0.0400. The van der Waals surface area contributed by atoms with Crippen molar-refractivity contribution in [2.75, 3.05) is 5.75 Å². The number of aromatic nitrogens is 1. The summed E-state index contributed by atoms with van der Waals surface area (Å²) in [7, 11) is 0. The van der Waals surface area contributed by atoms with Crippen molar-refractivity contribution in [3.05, 3.63) is 16.8 Å². The van der Waals surface area contributed by atoms with Gasteiger partial charge in [-0.05, 0) is 18.6 Å². The number of halogens is 1. The molecule has 1 aliphatic heterocycles. The molecule has 1 aromatic rings. The lowest BCUT2D eigenvalue weighted by atomic mass is 10.2. The molecule has 0 N–H and O–H groups in total. The van der Waals surface area contributed by atoms with E-state index in [2.05, 4.69) is 20.9 Å². The third kappa shape index (κ3) is 1.62. The second-order valence-corrected chi connectivity index (χ2v) is 4.52. The van der Waals surface area contributed by atoms with Gasteiger partial charge >= 0.3 is 0 Å². The molecule has 1 atom stereocenters. The summed E-state index contributed by atoms with van der Waals surface area (Å²) in [6.07, 6.45) is 4.29. The van der Waals surface area contributed by atoms with Crippen LogP contribution in [0.25, 0.3) is 0 Å². The number of hydrogen-bond acceptors (Lipinski definition) is 3. The molecular weight excluding hydrogens is 226 g/mol. The molecule has 1 unspecified atom stereocenters. The van der Waals surface area contributed by atoms with Gasteiger partial charge in [-0.3, -0.25) is 0 Å². The molecule has 1 fully saturated rings. The Kier molecular flexibility index (Phi) is 2.23. The highest BCUT2D eigenvalue weighted by atomic mass is 79.9. The quantitative estimate of drug-likeness (QED) is 0.747. The van der Waals surface area contributed by atoms with E-state index in [0.717, 1.165) is 5.69 Å². The minimum absolute atomic E-state index is 0.574. The summed E-state index contributed by atoms with van der Waals surface area (Å²) in [6, 6.07) is 0. The predicted octanol–water partition coefficient (Wildman–Crippen LogP) is 3.01. The lowest BCUT2D eigenvalue weighted by molar-refractivity contribution is 0.527. The zero-order valence-electron chi connectivity index (χ0n) is 5.92. The first-order chi connectivity index (χ1) is 5.36. The first-order valence-electron chi connectivity index (χ1n) is 3.59. The summed E-state index contributed by atoms with van der Waals surface area (Å²) in [5.74, 6) is 1.26. The third-order valence-corrected chi connectivity index (χ3v) is 3.52. The maximum Gasteiger partial charge on any atom is 0.264 e. The van der Waals surface area contributed by atoms with Gasteiger partial charge in [0.1, 0.15) is 6.26 Å². The number of thioether (sulfide) groups is 1. The van der Waals surface area contributed by atoms with E-state index in [4.69, 9.17) is 4.42 Å². The minimum Gasteiger partial charge on any atom is -0.439 e. The van der Waals surface area contributed by atoms with Crippen molar-refractivity contribution in [2.24, 2.45) is 0 Å². The summed E-state index contributed by atoms with van der Waals surface area (Å²) in [4.78, 5) is 4.82. The first kappa shape index (κ1) is 7.68. The molecule has 4 heteroatoms. The van der Waals surface area contributed by atoms with Crippen LogP contribution in [0.4, 0.5) is 0 Å². The highest BCUT2D eigenvalue weighted by Gasteiger charge is 2.20. The standard InChI is InChI=1S/C7H8BrNOS/c8-7-9-5(4-10-7)6-2-1-3-11-6/h4,6H,1-3H2. The average molecular weight is 234 g/mol. The fourth-order valence-corrected chi connectivity index (χ4v) is 2.75. The predicted molar refractivity (Wildman–Crippen MR) is 48.6 cm³/mol. The molecular formula is C7H8BrNOS. The fraction of sp³-hybridized carbons (Fsp3) is 0.571. The molecule has 60 valence electrons. The molecule has 0 saturated carbocycles. The number of nitrogens with zero attached hydrogens (tertiary/aromatic N) is 1. The van der Waals surface area contributed by atoms with Gasteiger partial charge in [-0.25, -0.2) is 4.98 Å². The normalized spacial score (nSPS) is 24.3. The van der Waals surface area contributed by atoms with Gasteiger partial charge in [0.05, 0.1) is 10.9 Å². The van der Waals surface area contributed by atoms with Gasteiger partial charge in [-0.15, -0.1) is 0 Å². The molecule has 1 aromatic heterocycles. The third-order valence-electron chi connectivity index (χ3n) is 1.75. The van der Waals surface area contributed by atoms with Gasteiger partial charge in [0.15, 0.2) is 0 Å². The van der Waals surface area contributed by atoms with Gasteiger partial charge in [-0.1, -0.05) is 0 Å². The monoisotopic (exact) mass is 233 g/mol. The van der Waals surface area contributed by atoms with E-state index >= 15 is 0 Å². The molecule has 0 aliphatic carbocycles. The molecule has 2 rings (SSSR count). The smallest absolute Gasteiger partial charge is 0.264 e. The van der Waals surface area contributed by atoms with Crippen LogP contribution in [-0.4, -0.2) is 10.7 Å². The SMILES string of the molecule is Brc1nc(C2CCCS2)co1.